The molecule has 0 aromatic carbocycles. The summed E-state index contributed by atoms with van der Waals surface area (Å²) < 4.78 is 16.9. The summed E-state index contributed by atoms with van der Waals surface area (Å²) in [4.78, 5) is 18.4. The Balaban J connectivity index is 1.91. The number of urea groups is 1. The Bertz CT molecular complexity index is 521. The summed E-state index contributed by atoms with van der Waals surface area (Å²) in [5, 5.41) is 5.77. The van der Waals surface area contributed by atoms with E-state index in [0.717, 1.165) is 10.7 Å². The minimum Gasteiger partial charge on any atom is -0.367 e. The smallest absolute Gasteiger partial charge is 0.317 e. The van der Waals surface area contributed by atoms with Gasteiger partial charge >= 0.3 is 6.03 Å². The molecule has 1 aromatic heterocycles. The number of aromatic nitrogens is 1. The van der Waals surface area contributed by atoms with Crippen molar-refractivity contribution in [2.24, 2.45) is 0 Å². The van der Waals surface area contributed by atoms with Crippen molar-refractivity contribution in [3.05, 3.63) is 16.1 Å². The second-order valence-corrected chi connectivity index (χ2v) is 7.59. The number of carbonyl (C=O) groups is 1. The number of hydrogen-bond donors (Lipinski definition) is 1. The maximum atomic E-state index is 12.2. The molecule has 2 heterocycles. The van der Waals surface area contributed by atoms with E-state index in [4.69, 9.17) is 4.74 Å². The number of aryl methyl sites for hydroxylation is 1. The number of thiazole rings is 1. The second-order valence-electron chi connectivity index (χ2n) is 5.22. The Kier molecular flexibility index (Phi) is 5.72. The third kappa shape index (κ3) is 4.76. The van der Waals surface area contributed by atoms with Gasteiger partial charge in [0.15, 0.2) is 0 Å². The number of morpholine rings is 1. The van der Waals surface area contributed by atoms with Crippen LogP contribution in [0.4, 0.5) is 4.79 Å². The third-order valence-corrected chi connectivity index (χ3v) is 5.14. The van der Waals surface area contributed by atoms with Gasteiger partial charge in [0.25, 0.3) is 0 Å². The van der Waals surface area contributed by atoms with E-state index in [9.17, 15) is 9.00 Å². The highest BCUT2D eigenvalue weighted by molar-refractivity contribution is 7.84. The average Bonchev–Trinajstić information content (AvgIpc) is 2.84. The molecule has 1 saturated heterocycles. The van der Waals surface area contributed by atoms with Crippen LogP contribution < -0.4 is 5.32 Å². The Morgan fingerprint density at radius 3 is 3.10 bits per heavy atom. The van der Waals surface area contributed by atoms with Gasteiger partial charge in [-0.2, -0.15) is 0 Å². The first kappa shape index (κ1) is 16.4. The molecule has 0 radical (unpaired) electrons. The number of carbonyl (C=O) groups excluding carboxylic acids is 1. The van der Waals surface area contributed by atoms with E-state index in [1.165, 1.54) is 0 Å². The van der Waals surface area contributed by atoms with Gasteiger partial charge in [-0.15, -0.1) is 11.3 Å². The van der Waals surface area contributed by atoms with E-state index in [2.05, 4.69) is 10.3 Å². The number of nitrogens with zero attached hydrogens (tertiary/aromatic N) is 2. The van der Waals surface area contributed by atoms with Crippen molar-refractivity contribution < 1.29 is 13.7 Å². The lowest BCUT2D eigenvalue weighted by Gasteiger charge is -2.32. The summed E-state index contributed by atoms with van der Waals surface area (Å²) in [6, 6.07) is -0.235. The molecule has 1 fully saturated rings. The molecule has 1 N–H and O–H groups in total. The number of rotatable bonds is 4. The molecule has 21 heavy (non-hydrogen) atoms. The van der Waals surface area contributed by atoms with Gasteiger partial charge < -0.3 is 15.0 Å². The molecule has 1 aliphatic heterocycles. The zero-order valence-electron chi connectivity index (χ0n) is 12.5. The molecule has 0 saturated carbocycles. The molecular formula is C13H21N3O3S2. The van der Waals surface area contributed by atoms with Gasteiger partial charge in [-0.1, -0.05) is 0 Å². The third-order valence-electron chi connectivity index (χ3n) is 3.12. The molecule has 0 aliphatic carbocycles. The van der Waals surface area contributed by atoms with Crippen molar-refractivity contribution >= 4 is 28.2 Å². The number of ether oxygens (including phenoxy) is 1. The standard InChI is InChI=1S/C13H21N3O3S2/c1-9-7-20-12(14-9)11-6-16(4-5-19-11)13(17)15-10(2)8-21(3)18/h7,10-11H,4-6,8H2,1-3H3,(H,15,17)/t10-,11-,21+/m0/s1. The molecule has 8 heteroatoms. The molecular weight excluding hydrogens is 310 g/mol. The van der Waals surface area contributed by atoms with Gasteiger partial charge in [-0.3, -0.25) is 4.21 Å². The quantitative estimate of drug-likeness (QED) is 0.903. The number of hydrogen-bond acceptors (Lipinski definition) is 5. The van der Waals surface area contributed by atoms with Crippen molar-refractivity contribution in [1.82, 2.24) is 15.2 Å². The zero-order chi connectivity index (χ0) is 15.4. The van der Waals surface area contributed by atoms with Crippen molar-refractivity contribution in [3.8, 4) is 0 Å². The molecule has 1 aromatic rings. The molecule has 0 spiro atoms. The predicted octanol–water partition coefficient (Wildman–Crippen LogP) is 1.30. The first-order valence-corrected chi connectivity index (χ1v) is 9.45. The minimum atomic E-state index is -0.917. The minimum absolute atomic E-state index is 0.105. The summed E-state index contributed by atoms with van der Waals surface area (Å²) in [6.45, 7) is 5.38. The fourth-order valence-electron chi connectivity index (χ4n) is 2.20. The van der Waals surface area contributed by atoms with Crippen LogP contribution in [-0.2, 0) is 15.5 Å². The Morgan fingerprint density at radius 1 is 1.71 bits per heavy atom. The highest BCUT2D eigenvalue weighted by atomic mass is 32.2. The van der Waals surface area contributed by atoms with E-state index >= 15 is 0 Å². The normalized spacial score (nSPS) is 21.9. The van der Waals surface area contributed by atoms with E-state index in [1.807, 2.05) is 19.2 Å². The van der Waals surface area contributed by atoms with Crippen LogP contribution in [0.1, 0.15) is 23.7 Å². The van der Waals surface area contributed by atoms with Crippen LogP contribution in [-0.4, -0.2) is 57.9 Å². The zero-order valence-corrected chi connectivity index (χ0v) is 14.1. The van der Waals surface area contributed by atoms with Crippen LogP contribution in [0.15, 0.2) is 5.38 Å². The van der Waals surface area contributed by atoms with Crippen molar-refractivity contribution in [2.45, 2.75) is 26.0 Å². The van der Waals surface area contributed by atoms with Gasteiger partial charge in [-0.05, 0) is 13.8 Å². The van der Waals surface area contributed by atoms with Crippen molar-refractivity contribution in [3.63, 3.8) is 0 Å². The van der Waals surface area contributed by atoms with Crippen molar-refractivity contribution in [1.29, 1.82) is 0 Å². The monoisotopic (exact) mass is 331 g/mol. The van der Waals surface area contributed by atoms with E-state index < -0.39 is 10.8 Å². The number of nitrogens with one attached hydrogen (secondary N) is 1. The van der Waals surface area contributed by atoms with Gasteiger partial charge in [0, 0.05) is 46.5 Å². The highest BCUT2D eigenvalue weighted by Gasteiger charge is 2.27. The lowest BCUT2D eigenvalue weighted by atomic mass is 10.3. The van der Waals surface area contributed by atoms with Crippen LogP contribution in [0, 0.1) is 6.92 Å². The first-order valence-electron chi connectivity index (χ1n) is 6.85. The molecule has 6 nitrogen and oxygen atoms in total. The lowest BCUT2D eigenvalue weighted by molar-refractivity contribution is -0.0157. The summed E-state index contributed by atoms with van der Waals surface area (Å²) in [5.41, 5.74) is 0.972. The number of amides is 2. The van der Waals surface area contributed by atoms with E-state index in [1.54, 1.807) is 22.5 Å². The Morgan fingerprint density at radius 2 is 2.48 bits per heavy atom. The SMILES string of the molecule is Cc1csc([C@@H]2CN(C(=O)N[C@@H](C)C[S@@](C)=O)CCO2)n1. The molecule has 1 aliphatic rings. The second kappa shape index (κ2) is 7.33. The fourth-order valence-corrected chi connectivity index (χ4v) is 3.82. The summed E-state index contributed by atoms with van der Waals surface area (Å²) in [5.74, 6) is 0.463. The topological polar surface area (TPSA) is 71.5 Å². The highest BCUT2D eigenvalue weighted by Crippen LogP contribution is 2.25. The maximum absolute atomic E-state index is 12.2. The predicted molar refractivity (Wildman–Crippen MR) is 84.0 cm³/mol. The summed E-state index contributed by atoms with van der Waals surface area (Å²) in [7, 11) is -0.917. The molecule has 0 bridgehead atoms. The van der Waals surface area contributed by atoms with Gasteiger partial charge in [0.05, 0.1) is 13.2 Å². The Hall–Kier alpha value is -0.990. The van der Waals surface area contributed by atoms with Crippen LogP contribution >= 0.6 is 11.3 Å². The van der Waals surface area contributed by atoms with E-state index in [0.29, 0.717) is 25.4 Å². The average molecular weight is 331 g/mol. The molecule has 2 rings (SSSR count). The summed E-state index contributed by atoms with van der Waals surface area (Å²) in [6.07, 6.45) is 1.48. The van der Waals surface area contributed by atoms with E-state index in [-0.39, 0.29) is 18.2 Å². The van der Waals surface area contributed by atoms with Crippen LogP contribution in [0.2, 0.25) is 0 Å². The molecule has 3 atom stereocenters. The lowest BCUT2D eigenvalue weighted by Crippen LogP contribution is -2.50. The fraction of sp³-hybridized carbons (Fsp3) is 0.692. The first-order chi connectivity index (χ1) is 9.95. The van der Waals surface area contributed by atoms with Crippen molar-refractivity contribution in [2.75, 3.05) is 31.7 Å². The molecule has 0 unspecified atom stereocenters. The summed E-state index contributed by atoms with van der Waals surface area (Å²) >= 11 is 1.56. The van der Waals surface area contributed by atoms with Crippen LogP contribution in [0.5, 0.6) is 0 Å². The largest absolute Gasteiger partial charge is 0.367 e. The van der Waals surface area contributed by atoms with Gasteiger partial charge in [0.2, 0.25) is 0 Å². The van der Waals surface area contributed by atoms with Gasteiger partial charge in [0.1, 0.15) is 11.1 Å². The Labute approximate surface area is 131 Å². The van der Waals surface area contributed by atoms with Gasteiger partial charge in [-0.25, -0.2) is 9.78 Å². The van der Waals surface area contributed by atoms with Crippen LogP contribution in [0.3, 0.4) is 0 Å². The van der Waals surface area contributed by atoms with Crippen LogP contribution in [0.25, 0.3) is 0 Å². The maximum Gasteiger partial charge on any atom is 0.317 e. The molecule has 118 valence electrons. The molecule has 2 amide bonds.